The lowest BCUT2D eigenvalue weighted by atomic mass is 10.1. The van der Waals surface area contributed by atoms with E-state index in [1.807, 2.05) is 0 Å². The number of anilines is 2. The number of rotatable bonds is 7. The fraction of sp³-hybridized carbons (Fsp3) is 0.263. The molecule has 0 radical (unpaired) electrons. The molecule has 0 aliphatic heterocycles. The minimum atomic E-state index is -3.69. The molecule has 144 valence electrons. The van der Waals surface area contributed by atoms with Gasteiger partial charge in [-0.3, -0.25) is 9.10 Å². The summed E-state index contributed by atoms with van der Waals surface area (Å²) in [6.07, 6.45) is 1.33. The predicted molar refractivity (Wildman–Crippen MR) is 104 cm³/mol. The van der Waals surface area contributed by atoms with E-state index in [2.05, 4.69) is 10.1 Å². The zero-order valence-corrected chi connectivity index (χ0v) is 16.2. The van der Waals surface area contributed by atoms with Crippen LogP contribution in [0, 0.1) is 0 Å². The van der Waals surface area contributed by atoms with Crippen molar-refractivity contribution in [3.8, 4) is 0 Å². The number of nitrogens with one attached hydrogen (secondary N) is 1. The predicted octanol–water partition coefficient (Wildman–Crippen LogP) is 2.66. The number of para-hydroxylation sites is 1. The minimum Gasteiger partial charge on any atom is -0.465 e. The van der Waals surface area contributed by atoms with Crippen LogP contribution in [0.25, 0.3) is 0 Å². The molecule has 0 fully saturated rings. The number of carbonyl (C=O) groups is 2. The summed E-state index contributed by atoms with van der Waals surface area (Å²) in [4.78, 5) is 24.5. The van der Waals surface area contributed by atoms with Crippen molar-refractivity contribution < 1.29 is 22.7 Å². The quantitative estimate of drug-likeness (QED) is 0.734. The van der Waals surface area contributed by atoms with Crippen molar-refractivity contribution in [2.24, 2.45) is 0 Å². The van der Waals surface area contributed by atoms with E-state index in [-0.39, 0.29) is 12.0 Å². The Balaban J connectivity index is 2.33. The summed E-state index contributed by atoms with van der Waals surface area (Å²) in [6, 6.07) is 13.8. The smallest absolute Gasteiger partial charge is 0.337 e. The van der Waals surface area contributed by atoms with Crippen LogP contribution in [0.3, 0.4) is 0 Å². The van der Waals surface area contributed by atoms with Crippen LogP contribution >= 0.6 is 0 Å². The number of hydrogen-bond donors (Lipinski definition) is 1. The fourth-order valence-electron chi connectivity index (χ4n) is 2.70. The zero-order valence-electron chi connectivity index (χ0n) is 15.4. The third kappa shape index (κ3) is 5.07. The van der Waals surface area contributed by atoms with E-state index in [4.69, 9.17) is 0 Å². The number of ether oxygens (including phenoxy) is 1. The van der Waals surface area contributed by atoms with Gasteiger partial charge in [-0.05, 0) is 36.8 Å². The summed E-state index contributed by atoms with van der Waals surface area (Å²) >= 11 is 0. The lowest BCUT2D eigenvalue weighted by Gasteiger charge is -2.30. The maximum absolute atomic E-state index is 12.8. The molecule has 0 aliphatic rings. The molecule has 1 amide bonds. The molecule has 0 unspecified atom stereocenters. The molecular formula is C19H22N2O5S. The van der Waals surface area contributed by atoms with Gasteiger partial charge in [-0.15, -0.1) is 0 Å². The highest BCUT2D eigenvalue weighted by molar-refractivity contribution is 7.92. The number of sulfonamides is 1. The molecule has 0 spiro atoms. The Morgan fingerprint density at radius 2 is 1.78 bits per heavy atom. The van der Waals surface area contributed by atoms with E-state index in [0.717, 1.165) is 10.6 Å². The average Bonchev–Trinajstić information content (AvgIpc) is 2.65. The Labute approximate surface area is 159 Å². The molecular weight excluding hydrogens is 368 g/mol. The van der Waals surface area contributed by atoms with Crippen LogP contribution in [0.15, 0.2) is 54.6 Å². The van der Waals surface area contributed by atoms with Gasteiger partial charge in [0.25, 0.3) is 0 Å². The molecule has 0 saturated heterocycles. The van der Waals surface area contributed by atoms with E-state index >= 15 is 0 Å². The number of esters is 1. The SMILES string of the molecule is CC[C@@H](C(=O)Nc1cccc(C(=O)OC)c1)N(c1ccccc1)S(C)(=O)=O. The van der Waals surface area contributed by atoms with Crippen molar-refractivity contribution in [3.63, 3.8) is 0 Å². The molecule has 1 atom stereocenters. The molecule has 2 aromatic carbocycles. The summed E-state index contributed by atoms with van der Waals surface area (Å²) in [7, 11) is -2.43. The Morgan fingerprint density at radius 3 is 2.33 bits per heavy atom. The highest BCUT2D eigenvalue weighted by Gasteiger charge is 2.31. The summed E-state index contributed by atoms with van der Waals surface area (Å²) in [5.41, 5.74) is 1.07. The van der Waals surface area contributed by atoms with E-state index in [9.17, 15) is 18.0 Å². The summed E-state index contributed by atoms with van der Waals surface area (Å²) in [5, 5.41) is 2.68. The van der Waals surface area contributed by atoms with Crippen LogP contribution in [0.4, 0.5) is 11.4 Å². The van der Waals surface area contributed by atoms with Crippen molar-refractivity contribution in [2.45, 2.75) is 19.4 Å². The van der Waals surface area contributed by atoms with Gasteiger partial charge in [-0.1, -0.05) is 31.2 Å². The van der Waals surface area contributed by atoms with E-state index in [1.54, 1.807) is 55.5 Å². The van der Waals surface area contributed by atoms with Crippen LogP contribution in [0.2, 0.25) is 0 Å². The zero-order chi connectivity index (χ0) is 20.0. The molecule has 2 aromatic rings. The summed E-state index contributed by atoms with van der Waals surface area (Å²) < 4.78 is 30.5. The molecule has 7 nitrogen and oxygen atoms in total. The van der Waals surface area contributed by atoms with Gasteiger partial charge in [-0.25, -0.2) is 13.2 Å². The van der Waals surface area contributed by atoms with Gasteiger partial charge < -0.3 is 10.1 Å². The second kappa shape index (κ2) is 8.68. The highest BCUT2D eigenvalue weighted by Crippen LogP contribution is 2.23. The second-order valence-electron chi connectivity index (χ2n) is 5.88. The molecule has 0 saturated carbocycles. The standard InChI is InChI=1S/C19H22N2O5S/c1-4-17(21(27(3,24)25)16-11-6-5-7-12-16)18(22)20-15-10-8-9-14(13-15)19(23)26-2/h5-13,17H,4H2,1-3H3,(H,20,22)/t17-/m0/s1. The summed E-state index contributed by atoms with van der Waals surface area (Å²) in [6.45, 7) is 1.73. The van der Waals surface area contributed by atoms with Gasteiger partial charge >= 0.3 is 5.97 Å². The lowest BCUT2D eigenvalue weighted by molar-refractivity contribution is -0.117. The van der Waals surface area contributed by atoms with Gasteiger partial charge in [0.2, 0.25) is 15.9 Å². The van der Waals surface area contributed by atoms with Crippen LogP contribution < -0.4 is 9.62 Å². The maximum Gasteiger partial charge on any atom is 0.337 e. The monoisotopic (exact) mass is 390 g/mol. The third-order valence-corrected chi connectivity index (χ3v) is 5.07. The molecule has 1 N–H and O–H groups in total. The largest absolute Gasteiger partial charge is 0.465 e. The van der Waals surface area contributed by atoms with Gasteiger partial charge in [0.1, 0.15) is 6.04 Å². The molecule has 2 rings (SSSR count). The number of methoxy groups -OCH3 is 1. The van der Waals surface area contributed by atoms with Crippen LogP contribution in [-0.4, -0.2) is 39.7 Å². The van der Waals surface area contributed by atoms with Gasteiger partial charge in [-0.2, -0.15) is 0 Å². The van der Waals surface area contributed by atoms with Crippen molar-refractivity contribution >= 4 is 33.3 Å². The number of hydrogen-bond acceptors (Lipinski definition) is 5. The van der Waals surface area contributed by atoms with Crippen LogP contribution in [0.5, 0.6) is 0 Å². The topological polar surface area (TPSA) is 92.8 Å². The first kappa shape index (κ1) is 20.4. The average molecular weight is 390 g/mol. The van der Waals surface area contributed by atoms with Gasteiger partial charge in [0.05, 0.1) is 24.6 Å². The molecule has 0 aromatic heterocycles. The molecule has 0 bridgehead atoms. The summed E-state index contributed by atoms with van der Waals surface area (Å²) in [5.74, 6) is -1.02. The minimum absolute atomic E-state index is 0.268. The number of nitrogens with zero attached hydrogens (tertiary/aromatic N) is 1. The number of amides is 1. The Bertz CT molecular complexity index is 913. The van der Waals surface area contributed by atoms with Crippen molar-refractivity contribution in [1.82, 2.24) is 0 Å². The number of benzene rings is 2. The first-order valence-corrected chi connectivity index (χ1v) is 10.2. The van der Waals surface area contributed by atoms with Crippen molar-refractivity contribution in [1.29, 1.82) is 0 Å². The Morgan fingerprint density at radius 1 is 1.11 bits per heavy atom. The molecule has 8 heteroatoms. The highest BCUT2D eigenvalue weighted by atomic mass is 32.2. The van der Waals surface area contributed by atoms with Crippen LogP contribution in [-0.2, 0) is 19.6 Å². The van der Waals surface area contributed by atoms with E-state index < -0.39 is 27.9 Å². The van der Waals surface area contributed by atoms with E-state index in [1.165, 1.54) is 13.2 Å². The second-order valence-corrected chi connectivity index (χ2v) is 7.74. The maximum atomic E-state index is 12.8. The first-order chi connectivity index (χ1) is 12.8. The molecule has 27 heavy (non-hydrogen) atoms. The normalized spacial score (nSPS) is 12.1. The van der Waals surface area contributed by atoms with E-state index in [0.29, 0.717) is 11.4 Å². The first-order valence-electron chi connectivity index (χ1n) is 8.31. The van der Waals surface area contributed by atoms with Crippen molar-refractivity contribution in [2.75, 3.05) is 23.0 Å². The van der Waals surface area contributed by atoms with Crippen molar-refractivity contribution in [3.05, 3.63) is 60.2 Å². The number of carbonyl (C=O) groups excluding carboxylic acids is 2. The Kier molecular flexibility index (Phi) is 6.57. The molecule has 0 heterocycles. The Hall–Kier alpha value is -2.87. The van der Waals surface area contributed by atoms with Crippen LogP contribution in [0.1, 0.15) is 23.7 Å². The van der Waals surface area contributed by atoms with Gasteiger partial charge in [0.15, 0.2) is 0 Å². The van der Waals surface area contributed by atoms with Gasteiger partial charge in [0, 0.05) is 5.69 Å². The third-order valence-electron chi connectivity index (χ3n) is 3.89. The molecule has 0 aliphatic carbocycles. The fourth-order valence-corrected chi connectivity index (χ4v) is 3.91. The lowest BCUT2D eigenvalue weighted by Crippen LogP contribution is -2.47.